The lowest BCUT2D eigenvalue weighted by Crippen LogP contribution is -2.29. The van der Waals surface area contributed by atoms with Crippen LogP contribution in [0.15, 0.2) is 66.7 Å². The van der Waals surface area contributed by atoms with Gasteiger partial charge in [-0.1, -0.05) is 60.7 Å². The molecular formula is C24H26N4O3S. The summed E-state index contributed by atoms with van der Waals surface area (Å²) in [6.45, 7) is 5.37. The van der Waals surface area contributed by atoms with E-state index in [0.29, 0.717) is 33.9 Å². The van der Waals surface area contributed by atoms with Crippen LogP contribution in [0.4, 0.5) is 5.82 Å². The van der Waals surface area contributed by atoms with Gasteiger partial charge in [0.25, 0.3) is 0 Å². The van der Waals surface area contributed by atoms with E-state index in [0.717, 1.165) is 5.56 Å². The van der Waals surface area contributed by atoms with Gasteiger partial charge in [0.15, 0.2) is 11.5 Å². The van der Waals surface area contributed by atoms with E-state index < -0.39 is 15.6 Å². The maximum absolute atomic E-state index is 13.4. The van der Waals surface area contributed by atoms with Crippen molar-refractivity contribution >= 4 is 26.9 Å². The van der Waals surface area contributed by atoms with Gasteiger partial charge in [-0.05, 0) is 32.4 Å². The molecule has 32 heavy (non-hydrogen) atoms. The Hall–Kier alpha value is -3.23. The second-order valence-electron chi connectivity index (χ2n) is 8.46. The summed E-state index contributed by atoms with van der Waals surface area (Å²) in [5.74, 6) is 0.744. The zero-order valence-electron chi connectivity index (χ0n) is 18.3. The third-order valence-corrected chi connectivity index (χ3v) is 6.70. The molecule has 166 valence electrons. The van der Waals surface area contributed by atoms with E-state index in [1.807, 2.05) is 48.5 Å². The predicted molar refractivity (Wildman–Crippen MR) is 127 cm³/mol. The Morgan fingerprint density at radius 3 is 2.25 bits per heavy atom. The van der Waals surface area contributed by atoms with Crippen molar-refractivity contribution in [3.05, 3.63) is 78.0 Å². The number of fused-ring (bicyclic) bond motifs is 1. The minimum atomic E-state index is -3.74. The summed E-state index contributed by atoms with van der Waals surface area (Å²) in [5.41, 5.74) is 1.35. The van der Waals surface area contributed by atoms with E-state index in [1.165, 1.54) is 3.97 Å². The lowest BCUT2D eigenvalue weighted by Gasteiger charge is -2.19. The second kappa shape index (κ2) is 8.37. The minimum Gasteiger partial charge on any atom is -0.389 e. The molecule has 0 unspecified atom stereocenters. The zero-order valence-corrected chi connectivity index (χ0v) is 19.1. The average Bonchev–Trinajstić information content (AvgIpc) is 3.09. The molecule has 0 aliphatic rings. The van der Waals surface area contributed by atoms with Gasteiger partial charge in [-0.25, -0.2) is 22.4 Å². The van der Waals surface area contributed by atoms with Crippen LogP contribution in [0.3, 0.4) is 0 Å². The highest BCUT2D eigenvalue weighted by Gasteiger charge is 2.24. The third kappa shape index (κ3) is 4.66. The molecule has 2 heterocycles. The van der Waals surface area contributed by atoms with E-state index in [4.69, 9.17) is 0 Å². The Bertz CT molecular complexity index is 1340. The molecular weight excluding hydrogens is 424 g/mol. The predicted octanol–water partition coefficient (Wildman–Crippen LogP) is 3.97. The quantitative estimate of drug-likeness (QED) is 0.442. The number of hydrogen-bond donors (Lipinski definition) is 2. The molecule has 2 aromatic heterocycles. The lowest BCUT2D eigenvalue weighted by atomic mass is 10.1. The SMILES string of the molecule is Cc1cc2c(NCC(C)(C)O)nc(-c3ccccc3)nc2n1S(=O)(=O)Cc1ccccc1. The molecule has 0 atom stereocenters. The van der Waals surface area contributed by atoms with Crippen LogP contribution in [0.2, 0.25) is 0 Å². The number of aryl methyl sites for hydroxylation is 1. The molecule has 4 aromatic rings. The number of aliphatic hydroxyl groups is 1. The minimum absolute atomic E-state index is 0.143. The van der Waals surface area contributed by atoms with E-state index in [9.17, 15) is 13.5 Å². The summed E-state index contributed by atoms with van der Waals surface area (Å²) in [6, 6.07) is 20.2. The first kappa shape index (κ1) is 22.0. The van der Waals surface area contributed by atoms with Gasteiger partial charge in [-0.3, -0.25) is 0 Å². The number of nitrogens with one attached hydrogen (secondary N) is 1. The summed E-state index contributed by atoms with van der Waals surface area (Å²) < 4.78 is 28.1. The topological polar surface area (TPSA) is 97.1 Å². The smallest absolute Gasteiger partial charge is 0.244 e. The fourth-order valence-corrected chi connectivity index (χ4v) is 5.17. The monoisotopic (exact) mass is 450 g/mol. The van der Waals surface area contributed by atoms with Crippen LogP contribution in [-0.2, 0) is 15.8 Å². The Labute approximate surface area is 187 Å². The highest BCUT2D eigenvalue weighted by molar-refractivity contribution is 7.89. The van der Waals surface area contributed by atoms with E-state index >= 15 is 0 Å². The van der Waals surface area contributed by atoms with Gasteiger partial charge >= 0.3 is 0 Å². The number of nitrogens with zero attached hydrogens (tertiary/aromatic N) is 3. The molecule has 2 aromatic carbocycles. The molecule has 0 saturated heterocycles. The Morgan fingerprint density at radius 1 is 1.00 bits per heavy atom. The number of anilines is 1. The first-order valence-electron chi connectivity index (χ1n) is 10.3. The van der Waals surface area contributed by atoms with Crippen LogP contribution in [0.25, 0.3) is 22.4 Å². The number of rotatable bonds is 7. The van der Waals surface area contributed by atoms with Gasteiger partial charge in [0.1, 0.15) is 5.82 Å². The fraction of sp³-hybridized carbons (Fsp3) is 0.250. The van der Waals surface area contributed by atoms with Crippen LogP contribution >= 0.6 is 0 Å². The normalized spacial score (nSPS) is 12.2. The van der Waals surface area contributed by atoms with E-state index in [-0.39, 0.29) is 12.3 Å². The first-order valence-corrected chi connectivity index (χ1v) is 11.9. The highest BCUT2D eigenvalue weighted by Crippen LogP contribution is 2.30. The third-order valence-electron chi connectivity index (χ3n) is 4.98. The van der Waals surface area contributed by atoms with Gasteiger partial charge in [0.05, 0.1) is 16.7 Å². The average molecular weight is 451 g/mol. The van der Waals surface area contributed by atoms with Crippen molar-refractivity contribution in [3.8, 4) is 11.4 Å². The summed E-state index contributed by atoms with van der Waals surface area (Å²) >= 11 is 0. The van der Waals surface area contributed by atoms with Crippen LogP contribution in [0, 0.1) is 6.92 Å². The molecule has 0 fully saturated rings. The molecule has 8 heteroatoms. The van der Waals surface area contributed by atoms with Crippen molar-refractivity contribution in [1.82, 2.24) is 13.9 Å². The van der Waals surface area contributed by atoms with E-state index in [1.54, 1.807) is 39.0 Å². The molecule has 0 amide bonds. The summed E-state index contributed by atoms with van der Waals surface area (Å²) in [4.78, 5) is 9.30. The Kier molecular flexibility index (Phi) is 5.75. The summed E-state index contributed by atoms with van der Waals surface area (Å²) in [6.07, 6.45) is 0. The molecule has 0 bridgehead atoms. The molecule has 4 rings (SSSR count). The van der Waals surface area contributed by atoms with Crippen molar-refractivity contribution < 1.29 is 13.5 Å². The van der Waals surface area contributed by atoms with Crippen molar-refractivity contribution in [2.45, 2.75) is 32.1 Å². The van der Waals surface area contributed by atoms with Gasteiger partial charge in [0.2, 0.25) is 10.0 Å². The standard InChI is InChI=1S/C24H26N4O3S/c1-17-14-20-22(25-16-24(2,3)29)26-21(19-12-8-5-9-13-19)27-23(20)28(17)32(30,31)15-18-10-6-4-7-11-18/h4-14,29H,15-16H2,1-3H3,(H,25,26,27). The van der Waals surface area contributed by atoms with Gasteiger partial charge in [0, 0.05) is 17.8 Å². The van der Waals surface area contributed by atoms with Gasteiger partial charge < -0.3 is 10.4 Å². The highest BCUT2D eigenvalue weighted by atomic mass is 32.2. The zero-order chi connectivity index (χ0) is 22.9. The maximum Gasteiger partial charge on any atom is 0.244 e. The van der Waals surface area contributed by atoms with Crippen LogP contribution in [0.1, 0.15) is 25.1 Å². The molecule has 2 N–H and O–H groups in total. The molecule has 0 radical (unpaired) electrons. The van der Waals surface area contributed by atoms with Crippen molar-refractivity contribution in [3.63, 3.8) is 0 Å². The van der Waals surface area contributed by atoms with Crippen LogP contribution < -0.4 is 5.32 Å². The summed E-state index contributed by atoms with van der Waals surface area (Å²) in [7, 11) is -3.74. The Morgan fingerprint density at radius 2 is 1.62 bits per heavy atom. The molecule has 0 aliphatic heterocycles. The number of hydrogen-bond acceptors (Lipinski definition) is 6. The Balaban J connectivity index is 1.89. The van der Waals surface area contributed by atoms with Crippen molar-refractivity contribution in [2.24, 2.45) is 0 Å². The second-order valence-corrected chi connectivity index (χ2v) is 10.3. The molecule has 0 spiro atoms. The van der Waals surface area contributed by atoms with Crippen LogP contribution in [0.5, 0.6) is 0 Å². The van der Waals surface area contributed by atoms with Crippen molar-refractivity contribution in [2.75, 3.05) is 11.9 Å². The maximum atomic E-state index is 13.4. The fourth-order valence-electron chi connectivity index (χ4n) is 3.53. The molecule has 0 saturated carbocycles. The van der Waals surface area contributed by atoms with Gasteiger partial charge in [-0.2, -0.15) is 0 Å². The molecule has 7 nitrogen and oxygen atoms in total. The lowest BCUT2D eigenvalue weighted by molar-refractivity contribution is 0.0944. The summed E-state index contributed by atoms with van der Waals surface area (Å²) in [5, 5.41) is 13.9. The number of aromatic nitrogens is 3. The molecule has 0 aliphatic carbocycles. The largest absolute Gasteiger partial charge is 0.389 e. The van der Waals surface area contributed by atoms with E-state index in [2.05, 4.69) is 15.3 Å². The number of benzene rings is 2. The van der Waals surface area contributed by atoms with Crippen molar-refractivity contribution in [1.29, 1.82) is 0 Å². The van der Waals surface area contributed by atoms with Gasteiger partial charge in [-0.15, -0.1) is 0 Å². The van der Waals surface area contributed by atoms with Crippen LogP contribution in [-0.4, -0.2) is 39.6 Å². The first-order chi connectivity index (χ1) is 15.1.